The summed E-state index contributed by atoms with van der Waals surface area (Å²) >= 11 is 0. The van der Waals surface area contributed by atoms with Crippen molar-refractivity contribution >= 4 is 5.91 Å². The maximum absolute atomic E-state index is 12.8. The number of methoxy groups -OCH3 is 1. The third-order valence-corrected chi connectivity index (χ3v) is 4.18. The highest BCUT2D eigenvalue weighted by atomic mass is 16.5. The van der Waals surface area contributed by atoms with Gasteiger partial charge in [-0.25, -0.2) is 9.97 Å². The summed E-state index contributed by atoms with van der Waals surface area (Å²) in [6.07, 6.45) is 6.74. The maximum atomic E-state index is 12.8. The summed E-state index contributed by atoms with van der Waals surface area (Å²) < 4.78 is 12.2. The van der Waals surface area contributed by atoms with Gasteiger partial charge < -0.3 is 14.1 Å². The molecule has 0 spiro atoms. The lowest BCUT2D eigenvalue weighted by atomic mass is 10.2. The number of rotatable bonds is 8. The second-order valence-corrected chi connectivity index (χ2v) is 6.15. The zero-order valence-electron chi connectivity index (χ0n) is 15.8. The van der Waals surface area contributed by atoms with Crippen LogP contribution in [0.4, 0.5) is 0 Å². The highest BCUT2D eigenvalue weighted by molar-refractivity contribution is 5.95. The van der Waals surface area contributed by atoms with Crippen LogP contribution in [0.25, 0.3) is 17.4 Å². The van der Waals surface area contributed by atoms with E-state index in [1.807, 2.05) is 6.07 Å². The SMILES string of the molecule is CCCCN(C)C(=O)c1cnn(-c2nccc(-c3ccco3)n2)c1COC. The Bertz CT molecular complexity index is 889. The van der Waals surface area contributed by atoms with Crippen LogP contribution in [0.15, 0.2) is 41.3 Å². The molecule has 3 aromatic heterocycles. The summed E-state index contributed by atoms with van der Waals surface area (Å²) in [4.78, 5) is 23.3. The lowest BCUT2D eigenvalue weighted by Gasteiger charge is -2.17. The van der Waals surface area contributed by atoms with Crippen LogP contribution < -0.4 is 0 Å². The van der Waals surface area contributed by atoms with Crippen molar-refractivity contribution in [2.75, 3.05) is 20.7 Å². The van der Waals surface area contributed by atoms with E-state index in [2.05, 4.69) is 22.0 Å². The molecule has 142 valence electrons. The standard InChI is InChI=1S/C19H23N5O3/c1-4-5-10-23(2)18(25)14-12-21-24(16(14)13-26-3)19-20-9-8-15(22-19)17-7-6-11-27-17/h6-9,11-12H,4-5,10,13H2,1-3H3. The second kappa shape index (κ2) is 8.59. The van der Waals surface area contributed by atoms with Gasteiger partial charge in [-0.1, -0.05) is 13.3 Å². The molecule has 8 heteroatoms. The van der Waals surface area contributed by atoms with Gasteiger partial charge in [0.15, 0.2) is 5.76 Å². The highest BCUT2D eigenvalue weighted by Gasteiger charge is 2.22. The average Bonchev–Trinajstić information content (AvgIpc) is 3.36. The minimum atomic E-state index is -0.0936. The minimum Gasteiger partial charge on any atom is -0.463 e. The molecule has 3 heterocycles. The fourth-order valence-electron chi connectivity index (χ4n) is 2.71. The van der Waals surface area contributed by atoms with Crippen LogP contribution in [0.3, 0.4) is 0 Å². The summed E-state index contributed by atoms with van der Waals surface area (Å²) in [5.41, 5.74) is 1.74. The van der Waals surface area contributed by atoms with E-state index in [1.54, 1.807) is 49.8 Å². The fraction of sp³-hybridized carbons (Fsp3) is 0.368. The zero-order valence-corrected chi connectivity index (χ0v) is 15.8. The second-order valence-electron chi connectivity index (χ2n) is 6.15. The van der Waals surface area contributed by atoms with Crippen LogP contribution >= 0.6 is 0 Å². The molecule has 0 atom stereocenters. The van der Waals surface area contributed by atoms with E-state index in [1.165, 1.54) is 4.68 Å². The first-order valence-corrected chi connectivity index (χ1v) is 8.84. The zero-order chi connectivity index (χ0) is 19.2. The van der Waals surface area contributed by atoms with Gasteiger partial charge in [-0.2, -0.15) is 9.78 Å². The van der Waals surface area contributed by atoms with Gasteiger partial charge in [0.1, 0.15) is 5.69 Å². The van der Waals surface area contributed by atoms with Crippen molar-refractivity contribution in [1.82, 2.24) is 24.6 Å². The largest absolute Gasteiger partial charge is 0.463 e. The number of ether oxygens (including phenoxy) is 1. The summed E-state index contributed by atoms with van der Waals surface area (Å²) in [5.74, 6) is 0.893. The number of carbonyl (C=O) groups is 1. The molecule has 0 saturated heterocycles. The van der Waals surface area contributed by atoms with Gasteiger partial charge >= 0.3 is 0 Å². The molecule has 0 aliphatic carbocycles. The normalized spacial score (nSPS) is 10.9. The molecule has 0 unspecified atom stereocenters. The van der Waals surface area contributed by atoms with Crippen LogP contribution in [0, 0.1) is 0 Å². The number of unbranched alkanes of at least 4 members (excludes halogenated alkanes) is 1. The third-order valence-electron chi connectivity index (χ3n) is 4.18. The Labute approximate surface area is 157 Å². The summed E-state index contributed by atoms with van der Waals surface area (Å²) in [6.45, 7) is 3.00. The van der Waals surface area contributed by atoms with Gasteiger partial charge in [0, 0.05) is 26.9 Å². The van der Waals surface area contributed by atoms with Gasteiger partial charge in [0.25, 0.3) is 11.9 Å². The van der Waals surface area contributed by atoms with Crippen molar-refractivity contribution in [2.24, 2.45) is 0 Å². The molecule has 3 rings (SSSR count). The Kier molecular flexibility index (Phi) is 5.97. The van der Waals surface area contributed by atoms with Gasteiger partial charge in [0.05, 0.1) is 30.3 Å². The summed E-state index contributed by atoms with van der Waals surface area (Å²) in [7, 11) is 3.37. The predicted octanol–water partition coefficient (Wildman–Crippen LogP) is 2.94. The van der Waals surface area contributed by atoms with Crippen molar-refractivity contribution in [3.8, 4) is 17.4 Å². The molecular formula is C19H23N5O3. The molecule has 8 nitrogen and oxygen atoms in total. The smallest absolute Gasteiger partial charge is 0.257 e. The quantitative estimate of drug-likeness (QED) is 0.607. The lowest BCUT2D eigenvalue weighted by Crippen LogP contribution is -2.28. The third kappa shape index (κ3) is 4.06. The molecule has 0 bridgehead atoms. The van der Waals surface area contributed by atoms with Crippen molar-refractivity contribution in [2.45, 2.75) is 26.4 Å². The van der Waals surface area contributed by atoms with Crippen LogP contribution in [-0.4, -0.2) is 51.3 Å². The Hall–Kier alpha value is -3.00. The maximum Gasteiger partial charge on any atom is 0.257 e. The van der Waals surface area contributed by atoms with E-state index in [-0.39, 0.29) is 12.5 Å². The Morgan fingerprint density at radius 3 is 2.93 bits per heavy atom. The first kappa shape index (κ1) is 18.8. The van der Waals surface area contributed by atoms with E-state index in [0.29, 0.717) is 35.2 Å². The van der Waals surface area contributed by atoms with Gasteiger partial charge in [0.2, 0.25) is 0 Å². The molecule has 27 heavy (non-hydrogen) atoms. The molecule has 0 aliphatic rings. The number of carbonyl (C=O) groups excluding carboxylic acids is 1. The Morgan fingerprint density at radius 1 is 1.37 bits per heavy atom. The first-order chi connectivity index (χ1) is 13.2. The van der Waals surface area contributed by atoms with E-state index in [0.717, 1.165) is 12.8 Å². The summed E-state index contributed by atoms with van der Waals surface area (Å²) in [5, 5.41) is 4.34. The summed E-state index contributed by atoms with van der Waals surface area (Å²) in [6, 6.07) is 5.37. The van der Waals surface area contributed by atoms with E-state index < -0.39 is 0 Å². The van der Waals surface area contributed by atoms with Crippen molar-refractivity contribution < 1.29 is 13.9 Å². The van der Waals surface area contributed by atoms with Gasteiger partial charge in [-0.3, -0.25) is 4.79 Å². The molecule has 0 radical (unpaired) electrons. The van der Waals surface area contributed by atoms with Crippen LogP contribution in [0.5, 0.6) is 0 Å². The number of amides is 1. The Balaban J connectivity index is 1.96. The first-order valence-electron chi connectivity index (χ1n) is 8.84. The predicted molar refractivity (Wildman–Crippen MR) is 99.4 cm³/mol. The molecular weight excluding hydrogens is 346 g/mol. The molecule has 0 aliphatic heterocycles. The van der Waals surface area contributed by atoms with Crippen molar-refractivity contribution in [1.29, 1.82) is 0 Å². The average molecular weight is 369 g/mol. The molecule has 0 N–H and O–H groups in total. The van der Waals surface area contributed by atoms with Crippen molar-refractivity contribution in [3.63, 3.8) is 0 Å². The molecule has 0 saturated carbocycles. The fourth-order valence-corrected chi connectivity index (χ4v) is 2.71. The van der Waals surface area contributed by atoms with Crippen LogP contribution in [0.1, 0.15) is 35.8 Å². The minimum absolute atomic E-state index is 0.0936. The number of hydrogen-bond acceptors (Lipinski definition) is 6. The van der Waals surface area contributed by atoms with E-state index >= 15 is 0 Å². The number of furan rings is 1. The Morgan fingerprint density at radius 2 is 2.22 bits per heavy atom. The van der Waals surface area contributed by atoms with Crippen molar-refractivity contribution in [3.05, 3.63) is 48.1 Å². The molecule has 0 aromatic carbocycles. The molecule has 1 amide bonds. The molecule has 0 fully saturated rings. The number of hydrogen-bond donors (Lipinski definition) is 0. The van der Waals surface area contributed by atoms with Gasteiger partial charge in [-0.15, -0.1) is 0 Å². The topological polar surface area (TPSA) is 86.3 Å². The van der Waals surface area contributed by atoms with E-state index in [9.17, 15) is 4.79 Å². The van der Waals surface area contributed by atoms with E-state index in [4.69, 9.17) is 9.15 Å². The monoisotopic (exact) mass is 369 g/mol. The number of nitrogens with zero attached hydrogens (tertiary/aromatic N) is 5. The highest BCUT2D eigenvalue weighted by Crippen LogP contribution is 2.20. The van der Waals surface area contributed by atoms with Gasteiger partial charge in [-0.05, 0) is 24.6 Å². The lowest BCUT2D eigenvalue weighted by molar-refractivity contribution is 0.0788. The van der Waals surface area contributed by atoms with Crippen LogP contribution in [-0.2, 0) is 11.3 Å². The molecule has 3 aromatic rings. The van der Waals surface area contributed by atoms with Crippen LogP contribution in [0.2, 0.25) is 0 Å². The number of aromatic nitrogens is 4.